The van der Waals surface area contributed by atoms with Gasteiger partial charge in [-0.2, -0.15) is 0 Å². The molecule has 0 bridgehead atoms. The van der Waals surface area contributed by atoms with Crippen LogP contribution in [0.3, 0.4) is 0 Å². The largest absolute Gasteiger partial charge is 0.316 e. The van der Waals surface area contributed by atoms with Gasteiger partial charge in [-0.3, -0.25) is 4.98 Å². The molecule has 2 heterocycles. The van der Waals surface area contributed by atoms with Gasteiger partial charge in [-0.25, -0.2) is 0 Å². The number of nitrogens with zero attached hydrogens (tertiary/aromatic N) is 1. The van der Waals surface area contributed by atoms with Crippen LogP contribution in [-0.4, -0.2) is 18.1 Å². The quantitative estimate of drug-likeness (QED) is 0.702. The summed E-state index contributed by atoms with van der Waals surface area (Å²) in [6.45, 7) is 2.23. The molecule has 0 unspecified atom stereocenters. The van der Waals surface area contributed by atoms with E-state index < -0.39 is 0 Å². The normalized spacial score (nSPS) is 17.1. The Bertz CT molecular complexity index is 282. The van der Waals surface area contributed by atoms with E-state index >= 15 is 0 Å². The standard InChI is InChI=1S/C11H14N2/c1-2-11(9-13-5-1)8-10-3-6-12-7-4-10/h1-2,5,8-9,12H,3-4,6-7H2. The molecule has 1 aromatic rings. The summed E-state index contributed by atoms with van der Waals surface area (Å²) in [5.41, 5.74) is 2.76. The number of aromatic nitrogens is 1. The first-order valence-electron chi connectivity index (χ1n) is 4.75. The summed E-state index contributed by atoms with van der Waals surface area (Å²) in [5, 5.41) is 3.34. The van der Waals surface area contributed by atoms with Gasteiger partial charge in [0.2, 0.25) is 0 Å². The lowest BCUT2D eigenvalue weighted by Crippen LogP contribution is -2.22. The van der Waals surface area contributed by atoms with Crippen molar-refractivity contribution in [2.75, 3.05) is 13.1 Å². The molecular formula is C11H14N2. The van der Waals surface area contributed by atoms with Crippen molar-refractivity contribution < 1.29 is 0 Å². The van der Waals surface area contributed by atoms with E-state index in [0.29, 0.717) is 0 Å². The van der Waals surface area contributed by atoms with Crippen LogP contribution in [0.2, 0.25) is 0 Å². The molecule has 0 saturated carbocycles. The van der Waals surface area contributed by atoms with Gasteiger partial charge in [-0.05, 0) is 37.6 Å². The smallest absolute Gasteiger partial charge is 0.0340 e. The minimum absolute atomic E-state index is 1.12. The fraction of sp³-hybridized carbons (Fsp3) is 0.364. The molecule has 0 spiro atoms. The Labute approximate surface area is 78.7 Å². The third kappa shape index (κ3) is 2.39. The molecule has 68 valence electrons. The molecule has 0 atom stereocenters. The summed E-state index contributed by atoms with van der Waals surface area (Å²) in [6, 6.07) is 4.08. The summed E-state index contributed by atoms with van der Waals surface area (Å²) in [6.07, 6.45) is 8.33. The van der Waals surface area contributed by atoms with Gasteiger partial charge in [-0.15, -0.1) is 0 Å². The monoisotopic (exact) mass is 174 g/mol. The van der Waals surface area contributed by atoms with Crippen molar-refractivity contribution in [2.24, 2.45) is 0 Å². The van der Waals surface area contributed by atoms with E-state index in [-0.39, 0.29) is 0 Å². The van der Waals surface area contributed by atoms with Crippen LogP contribution < -0.4 is 5.32 Å². The molecule has 2 rings (SSSR count). The zero-order valence-corrected chi connectivity index (χ0v) is 7.66. The SMILES string of the molecule is C(=C1CCNCC1)c1cccnc1. The molecule has 1 fully saturated rings. The first-order chi connectivity index (χ1) is 6.45. The van der Waals surface area contributed by atoms with Crippen LogP contribution in [0, 0.1) is 0 Å². The maximum atomic E-state index is 4.09. The molecule has 1 aromatic heterocycles. The van der Waals surface area contributed by atoms with Gasteiger partial charge in [0, 0.05) is 12.4 Å². The van der Waals surface area contributed by atoms with Gasteiger partial charge >= 0.3 is 0 Å². The summed E-state index contributed by atoms with van der Waals surface area (Å²) >= 11 is 0. The fourth-order valence-corrected chi connectivity index (χ4v) is 1.59. The van der Waals surface area contributed by atoms with Crippen molar-refractivity contribution in [3.8, 4) is 0 Å². The second kappa shape index (κ2) is 4.19. The lowest BCUT2D eigenvalue weighted by atomic mass is 10.0. The third-order valence-corrected chi connectivity index (χ3v) is 2.30. The van der Waals surface area contributed by atoms with E-state index in [4.69, 9.17) is 0 Å². The van der Waals surface area contributed by atoms with Crippen LogP contribution in [0.15, 0.2) is 30.1 Å². The Morgan fingerprint density at radius 1 is 1.31 bits per heavy atom. The van der Waals surface area contributed by atoms with Gasteiger partial charge in [0.05, 0.1) is 0 Å². The molecule has 1 N–H and O–H groups in total. The zero-order valence-electron chi connectivity index (χ0n) is 7.66. The topological polar surface area (TPSA) is 24.9 Å². The fourth-order valence-electron chi connectivity index (χ4n) is 1.59. The average Bonchev–Trinajstić information content (AvgIpc) is 2.21. The molecule has 2 heteroatoms. The number of pyridine rings is 1. The molecule has 1 aliphatic heterocycles. The van der Waals surface area contributed by atoms with Crippen LogP contribution in [-0.2, 0) is 0 Å². The van der Waals surface area contributed by atoms with E-state index in [1.807, 2.05) is 18.5 Å². The van der Waals surface area contributed by atoms with E-state index in [9.17, 15) is 0 Å². The number of hydrogen-bond acceptors (Lipinski definition) is 2. The van der Waals surface area contributed by atoms with Crippen LogP contribution in [0.1, 0.15) is 18.4 Å². The van der Waals surface area contributed by atoms with Crippen molar-refractivity contribution in [3.05, 3.63) is 35.7 Å². The molecule has 0 amide bonds. The Morgan fingerprint density at radius 2 is 2.15 bits per heavy atom. The molecule has 2 nitrogen and oxygen atoms in total. The van der Waals surface area contributed by atoms with Crippen LogP contribution in [0.5, 0.6) is 0 Å². The molecule has 0 radical (unpaired) electrons. The maximum Gasteiger partial charge on any atom is 0.0340 e. The minimum atomic E-state index is 1.12. The predicted molar refractivity (Wildman–Crippen MR) is 54.3 cm³/mol. The lowest BCUT2D eigenvalue weighted by Gasteiger charge is -2.14. The van der Waals surface area contributed by atoms with E-state index in [2.05, 4.69) is 22.4 Å². The van der Waals surface area contributed by atoms with Crippen LogP contribution in [0.4, 0.5) is 0 Å². The number of rotatable bonds is 1. The van der Waals surface area contributed by atoms with Crippen LogP contribution >= 0.6 is 0 Å². The van der Waals surface area contributed by atoms with Gasteiger partial charge in [0.1, 0.15) is 0 Å². The van der Waals surface area contributed by atoms with E-state index in [0.717, 1.165) is 13.1 Å². The second-order valence-corrected chi connectivity index (χ2v) is 3.34. The molecule has 0 aromatic carbocycles. The van der Waals surface area contributed by atoms with Gasteiger partial charge in [0.25, 0.3) is 0 Å². The molecule has 1 aliphatic rings. The summed E-state index contributed by atoms with van der Waals surface area (Å²) in [4.78, 5) is 4.09. The third-order valence-electron chi connectivity index (χ3n) is 2.30. The first kappa shape index (κ1) is 8.45. The highest BCUT2D eigenvalue weighted by Crippen LogP contribution is 2.14. The highest BCUT2D eigenvalue weighted by molar-refractivity contribution is 5.51. The Hall–Kier alpha value is -1.15. The van der Waals surface area contributed by atoms with Gasteiger partial charge in [0.15, 0.2) is 0 Å². The predicted octanol–water partition coefficient (Wildman–Crippen LogP) is 1.85. The van der Waals surface area contributed by atoms with Crippen molar-refractivity contribution in [1.82, 2.24) is 10.3 Å². The van der Waals surface area contributed by atoms with Crippen LogP contribution in [0.25, 0.3) is 6.08 Å². The van der Waals surface area contributed by atoms with Crippen molar-refractivity contribution >= 4 is 6.08 Å². The molecule has 13 heavy (non-hydrogen) atoms. The Kier molecular flexibility index (Phi) is 2.72. The van der Waals surface area contributed by atoms with Crippen molar-refractivity contribution in [3.63, 3.8) is 0 Å². The van der Waals surface area contributed by atoms with E-state index in [1.54, 1.807) is 0 Å². The second-order valence-electron chi connectivity index (χ2n) is 3.34. The summed E-state index contributed by atoms with van der Waals surface area (Å²) in [7, 11) is 0. The molecular weight excluding hydrogens is 160 g/mol. The number of nitrogens with one attached hydrogen (secondary N) is 1. The highest BCUT2D eigenvalue weighted by atomic mass is 14.9. The average molecular weight is 174 g/mol. The maximum absolute atomic E-state index is 4.09. The highest BCUT2D eigenvalue weighted by Gasteiger charge is 2.03. The zero-order chi connectivity index (χ0) is 8.93. The minimum Gasteiger partial charge on any atom is -0.316 e. The molecule has 1 saturated heterocycles. The van der Waals surface area contributed by atoms with Gasteiger partial charge < -0.3 is 5.32 Å². The number of piperidine rings is 1. The first-order valence-corrected chi connectivity index (χ1v) is 4.75. The van der Waals surface area contributed by atoms with Crippen molar-refractivity contribution in [2.45, 2.75) is 12.8 Å². The van der Waals surface area contributed by atoms with Crippen molar-refractivity contribution in [1.29, 1.82) is 0 Å². The number of hydrogen-bond donors (Lipinski definition) is 1. The molecule has 0 aliphatic carbocycles. The van der Waals surface area contributed by atoms with Gasteiger partial charge in [-0.1, -0.05) is 17.7 Å². The lowest BCUT2D eigenvalue weighted by molar-refractivity contribution is 0.613. The summed E-state index contributed by atoms with van der Waals surface area (Å²) in [5.74, 6) is 0. The summed E-state index contributed by atoms with van der Waals surface area (Å²) < 4.78 is 0. The van der Waals surface area contributed by atoms with E-state index in [1.165, 1.54) is 24.0 Å². The Morgan fingerprint density at radius 3 is 2.85 bits per heavy atom. The Balaban J connectivity index is 2.10.